The largest absolute Gasteiger partial charge is 0.471 e. The van der Waals surface area contributed by atoms with E-state index in [4.69, 9.17) is 0 Å². The number of hydrogen-bond acceptors (Lipinski definition) is 3. The van der Waals surface area contributed by atoms with Gasteiger partial charge in [0.05, 0.1) is 5.71 Å². The highest BCUT2D eigenvalue weighted by atomic mass is 19.4. The zero-order valence-electron chi connectivity index (χ0n) is 13.1. The molecular weight excluding hydrogens is 323 g/mol. The van der Waals surface area contributed by atoms with Gasteiger partial charge < -0.3 is 5.32 Å². The molecule has 0 aliphatic heterocycles. The summed E-state index contributed by atoms with van der Waals surface area (Å²) in [6.45, 7) is 1.68. The first kappa shape index (κ1) is 18.0. The topological polar surface area (TPSA) is 70.6 Å². The maximum atomic E-state index is 12.2. The third-order valence-corrected chi connectivity index (χ3v) is 3.88. The number of benzene rings is 1. The van der Waals surface area contributed by atoms with Crippen LogP contribution in [0.1, 0.15) is 38.2 Å². The summed E-state index contributed by atoms with van der Waals surface area (Å²) in [5.41, 5.74) is 3.71. The van der Waals surface area contributed by atoms with Crippen molar-refractivity contribution in [3.8, 4) is 0 Å². The number of alkyl halides is 3. The first-order chi connectivity index (χ1) is 11.3. The van der Waals surface area contributed by atoms with Gasteiger partial charge in [0, 0.05) is 11.6 Å². The van der Waals surface area contributed by atoms with E-state index in [1.165, 1.54) is 24.3 Å². The average Bonchev–Trinajstić information content (AvgIpc) is 3.06. The van der Waals surface area contributed by atoms with Crippen LogP contribution in [0, 0.1) is 5.92 Å². The second kappa shape index (κ2) is 7.46. The van der Waals surface area contributed by atoms with Crippen molar-refractivity contribution in [1.29, 1.82) is 0 Å². The van der Waals surface area contributed by atoms with E-state index < -0.39 is 12.1 Å². The van der Waals surface area contributed by atoms with Crippen molar-refractivity contribution in [2.75, 3.05) is 5.32 Å². The minimum Gasteiger partial charge on any atom is -0.318 e. The van der Waals surface area contributed by atoms with Gasteiger partial charge in [-0.15, -0.1) is 0 Å². The molecule has 8 heteroatoms. The van der Waals surface area contributed by atoms with Crippen molar-refractivity contribution in [2.24, 2.45) is 11.0 Å². The molecule has 2 amide bonds. The highest BCUT2D eigenvalue weighted by Crippen LogP contribution is 2.24. The van der Waals surface area contributed by atoms with Gasteiger partial charge in [-0.3, -0.25) is 9.59 Å². The van der Waals surface area contributed by atoms with Gasteiger partial charge in [-0.2, -0.15) is 18.3 Å². The van der Waals surface area contributed by atoms with Crippen molar-refractivity contribution >= 4 is 23.2 Å². The molecule has 24 heavy (non-hydrogen) atoms. The fourth-order valence-electron chi connectivity index (χ4n) is 2.48. The van der Waals surface area contributed by atoms with Gasteiger partial charge in [-0.25, -0.2) is 5.43 Å². The van der Waals surface area contributed by atoms with Gasteiger partial charge in [-0.05, 0) is 37.5 Å². The van der Waals surface area contributed by atoms with E-state index in [1.54, 1.807) is 12.2 Å². The van der Waals surface area contributed by atoms with Gasteiger partial charge in [0.2, 0.25) is 5.91 Å². The maximum Gasteiger partial charge on any atom is 0.471 e. The Hall–Kier alpha value is -2.38. The molecule has 1 aliphatic rings. The summed E-state index contributed by atoms with van der Waals surface area (Å²) < 4.78 is 36.5. The molecule has 1 aliphatic carbocycles. The van der Waals surface area contributed by atoms with Gasteiger partial charge in [0.15, 0.2) is 0 Å². The molecule has 0 saturated heterocycles. The zero-order valence-corrected chi connectivity index (χ0v) is 13.1. The molecule has 0 spiro atoms. The second-order valence-corrected chi connectivity index (χ2v) is 5.68. The molecule has 2 N–H and O–H groups in total. The third kappa shape index (κ3) is 4.81. The maximum absolute atomic E-state index is 12.2. The Labute approximate surface area is 137 Å². The van der Waals surface area contributed by atoms with Crippen molar-refractivity contribution in [3.63, 3.8) is 0 Å². The van der Waals surface area contributed by atoms with E-state index in [9.17, 15) is 22.8 Å². The highest BCUT2D eigenvalue weighted by Gasteiger charge is 2.38. The summed E-state index contributed by atoms with van der Waals surface area (Å²) in [4.78, 5) is 22.7. The number of nitrogens with one attached hydrogen (secondary N) is 2. The van der Waals surface area contributed by atoms with E-state index >= 15 is 0 Å². The molecule has 130 valence electrons. The third-order valence-electron chi connectivity index (χ3n) is 3.88. The highest BCUT2D eigenvalue weighted by molar-refractivity contribution is 6.00. The zero-order chi connectivity index (χ0) is 17.7. The second-order valence-electron chi connectivity index (χ2n) is 5.68. The predicted octanol–water partition coefficient (Wildman–Crippen LogP) is 3.22. The summed E-state index contributed by atoms with van der Waals surface area (Å²) >= 11 is 0. The van der Waals surface area contributed by atoms with Crippen LogP contribution >= 0.6 is 0 Å². The lowest BCUT2D eigenvalue weighted by atomic mass is 10.1. The number of anilines is 1. The summed E-state index contributed by atoms with van der Waals surface area (Å²) in [5, 5.41) is 5.78. The van der Waals surface area contributed by atoms with Crippen LogP contribution in [0.25, 0.3) is 0 Å². The average molecular weight is 341 g/mol. The summed E-state index contributed by atoms with van der Waals surface area (Å²) in [7, 11) is 0. The number of rotatable bonds is 4. The molecule has 1 saturated carbocycles. The first-order valence-corrected chi connectivity index (χ1v) is 7.60. The Morgan fingerprint density at radius 2 is 1.71 bits per heavy atom. The molecule has 0 atom stereocenters. The number of nitrogens with zero attached hydrogens (tertiary/aromatic N) is 1. The first-order valence-electron chi connectivity index (χ1n) is 7.60. The molecule has 0 radical (unpaired) electrons. The predicted molar refractivity (Wildman–Crippen MR) is 83.4 cm³/mol. The number of hydrazone groups is 1. The number of amides is 2. The molecule has 1 aromatic carbocycles. The van der Waals surface area contributed by atoms with Crippen LogP contribution in [0.5, 0.6) is 0 Å². The summed E-state index contributed by atoms with van der Waals surface area (Å²) in [5.74, 6) is -2.13. The quantitative estimate of drug-likeness (QED) is 0.652. The van der Waals surface area contributed by atoms with E-state index in [0.29, 0.717) is 11.3 Å². The van der Waals surface area contributed by atoms with E-state index in [1.807, 2.05) is 0 Å². The lowest BCUT2D eigenvalue weighted by Gasteiger charge is -2.09. The lowest BCUT2D eigenvalue weighted by molar-refractivity contribution is -0.167. The molecule has 1 aromatic rings. The smallest absolute Gasteiger partial charge is 0.318 e. The van der Waals surface area contributed by atoms with Crippen molar-refractivity contribution < 1.29 is 22.8 Å². The molecule has 1 fully saturated rings. The Balaban J connectivity index is 1.95. The Morgan fingerprint density at radius 1 is 1.12 bits per heavy atom. The lowest BCUT2D eigenvalue weighted by Crippen LogP contribution is -2.29. The fourth-order valence-corrected chi connectivity index (χ4v) is 2.48. The minimum absolute atomic E-state index is 0.00140. The SMILES string of the molecule is C/C(=N/NC(=O)C1CCCC1)c1ccc(NC(=O)C(F)(F)F)cc1. The van der Waals surface area contributed by atoms with Crippen molar-refractivity contribution in [1.82, 2.24) is 5.43 Å². The van der Waals surface area contributed by atoms with Crippen LogP contribution in [0.2, 0.25) is 0 Å². The molecular formula is C16H18F3N3O2. The van der Waals surface area contributed by atoms with Crippen molar-refractivity contribution in [2.45, 2.75) is 38.8 Å². The van der Waals surface area contributed by atoms with Gasteiger partial charge in [-0.1, -0.05) is 25.0 Å². The standard InChI is InChI=1S/C16H18F3N3O2/c1-10(21-22-14(23)12-4-2-3-5-12)11-6-8-13(9-7-11)20-15(24)16(17,18)19/h6-9,12H,2-5H2,1H3,(H,20,24)(H,22,23)/b21-10-. The molecule has 0 unspecified atom stereocenters. The minimum atomic E-state index is -4.93. The molecule has 0 bridgehead atoms. The van der Waals surface area contributed by atoms with E-state index in [2.05, 4.69) is 10.5 Å². The number of carbonyl (C=O) groups excluding carboxylic acids is 2. The molecule has 0 heterocycles. The summed E-state index contributed by atoms with van der Waals surface area (Å²) in [6.07, 6.45) is -1.10. The van der Waals surface area contributed by atoms with Crippen LogP contribution in [0.3, 0.4) is 0 Å². The molecule has 0 aromatic heterocycles. The molecule has 5 nitrogen and oxygen atoms in total. The summed E-state index contributed by atoms with van der Waals surface area (Å²) in [6, 6.07) is 5.73. The van der Waals surface area contributed by atoms with Crippen LogP contribution in [0.15, 0.2) is 29.4 Å². The van der Waals surface area contributed by atoms with Crippen LogP contribution in [0.4, 0.5) is 18.9 Å². The normalized spacial score (nSPS) is 16.1. The number of hydrogen-bond donors (Lipinski definition) is 2. The Kier molecular flexibility index (Phi) is 5.58. The monoisotopic (exact) mass is 341 g/mol. The van der Waals surface area contributed by atoms with Crippen molar-refractivity contribution in [3.05, 3.63) is 29.8 Å². The number of halogens is 3. The Bertz CT molecular complexity index is 633. The number of carbonyl (C=O) groups is 2. The van der Waals surface area contributed by atoms with Crippen LogP contribution < -0.4 is 10.7 Å². The van der Waals surface area contributed by atoms with E-state index in [-0.39, 0.29) is 17.5 Å². The van der Waals surface area contributed by atoms with E-state index in [0.717, 1.165) is 25.7 Å². The fraction of sp³-hybridized carbons (Fsp3) is 0.438. The van der Waals surface area contributed by atoms with Gasteiger partial charge >= 0.3 is 12.1 Å². The van der Waals surface area contributed by atoms with Gasteiger partial charge in [0.1, 0.15) is 0 Å². The van der Waals surface area contributed by atoms with Crippen LogP contribution in [-0.4, -0.2) is 23.7 Å². The molecule has 2 rings (SSSR count). The Morgan fingerprint density at radius 3 is 2.25 bits per heavy atom. The van der Waals surface area contributed by atoms with Crippen LogP contribution in [-0.2, 0) is 9.59 Å². The van der Waals surface area contributed by atoms with Gasteiger partial charge in [0.25, 0.3) is 0 Å².